The van der Waals surface area contributed by atoms with Crippen LogP contribution >= 0.6 is 15.9 Å². The molecule has 21 heavy (non-hydrogen) atoms. The van der Waals surface area contributed by atoms with Crippen LogP contribution in [0.3, 0.4) is 0 Å². The zero-order chi connectivity index (χ0) is 15.6. The Kier molecular flexibility index (Phi) is 4.61. The van der Waals surface area contributed by atoms with Gasteiger partial charge >= 0.3 is 6.18 Å². The van der Waals surface area contributed by atoms with E-state index in [9.17, 15) is 13.2 Å². The molecule has 114 valence electrons. The molecule has 0 spiro atoms. The highest BCUT2D eigenvalue weighted by atomic mass is 79.9. The van der Waals surface area contributed by atoms with Gasteiger partial charge in [-0.2, -0.15) is 18.3 Å². The molecule has 1 aromatic heterocycles. The van der Waals surface area contributed by atoms with Gasteiger partial charge in [0, 0.05) is 28.5 Å². The SMILES string of the molecule is CCn1cc(C(C)Nc2cc(C(F)(F)F)ccc2Br)cn1. The van der Waals surface area contributed by atoms with E-state index in [1.165, 1.54) is 6.07 Å². The van der Waals surface area contributed by atoms with Crippen molar-refractivity contribution in [1.82, 2.24) is 9.78 Å². The number of rotatable bonds is 4. The third kappa shape index (κ3) is 3.78. The quantitative estimate of drug-likeness (QED) is 0.842. The summed E-state index contributed by atoms with van der Waals surface area (Å²) in [5, 5.41) is 7.24. The van der Waals surface area contributed by atoms with Gasteiger partial charge < -0.3 is 5.32 Å². The van der Waals surface area contributed by atoms with Crippen molar-refractivity contribution in [1.29, 1.82) is 0 Å². The topological polar surface area (TPSA) is 29.9 Å². The highest BCUT2D eigenvalue weighted by molar-refractivity contribution is 9.10. The van der Waals surface area contributed by atoms with E-state index >= 15 is 0 Å². The van der Waals surface area contributed by atoms with Crippen LogP contribution in [0.1, 0.15) is 31.0 Å². The lowest BCUT2D eigenvalue weighted by Gasteiger charge is -2.17. The maximum absolute atomic E-state index is 12.8. The van der Waals surface area contributed by atoms with Crippen LogP contribution in [0.15, 0.2) is 35.1 Å². The monoisotopic (exact) mass is 361 g/mol. The lowest BCUT2D eigenvalue weighted by molar-refractivity contribution is -0.137. The molecule has 1 unspecified atom stereocenters. The summed E-state index contributed by atoms with van der Waals surface area (Å²) in [6, 6.07) is 3.40. The van der Waals surface area contributed by atoms with E-state index in [4.69, 9.17) is 0 Å². The summed E-state index contributed by atoms with van der Waals surface area (Å²) in [6.07, 6.45) is -0.769. The minimum atomic E-state index is -4.35. The first-order valence-corrected chi connectivity index (χ1v) is 7.26. The Morgan fingerprint density at radius 2 is 2.10 bits per heavy atom. The number of nitrogens with zero attached hydrogens (tertiary/aromatic N) is 2. The van der Waals surface area contributed by atoms with E-state index in [-0.39, 0.29) is 6.04 Å². The molecule has 0 aliphatic rings. The first kappa shape index (κ1) is 15.9. The average Bonchev–Trinajstić information content (AvgIpc) is 2.88. The molecule has 0 amide bonds. The molecule has 1 heterocycles. The number of hydrogen-bond acceptors (Lipinski definition) is 2. The maximum Gasteiger partial charge on any atom is 0.416 e. The van der Waals surface area contributed by atoms with E-state index in [0.29, 0.717) is 10.2 Å². The molecular weight excluding hydrogens is 347 g/mol. The molecule has 1 atom stereocenters. The summed E-state index contributed by atoms with van der Waals surface area (Å²) < 4.78 is 40.6. The molecule has 0 fully saturated rings. The van der Waals surface area contributed by atoms with Crippen molar-refractivity contribution in [3.8, 4) is 0 Å². The molecule has 0 saturated heterocycles. The number of hydrogen-bond donors (Lipinski definition) is 1. The summed E-state index contributed by atoms with van der Waals surface area (Å²) in [4.78, 5) is 0. The summed E-state index contributed by atoms with van der Waals surface area (Å²) in [5.41, 5.74) is 0.646. The van der Waals surface area contributed by atoms with E-state index in [1.54, 1.807) is 10.9 Å². The Morgan fingerprint density at radius 1 is 1.38 bits per heavy atom. The predicted molar refractivity (Wildman–Crippen MR) is 79.1 cm³/mol. The van der Waals surface area contributed by atoms with Crippen LogP contribution in [0.2, 0.25) is 0 Å². The van der Waals surface area contributed by atoms with Crippen molar-refractivity contribution in [3.63, 3.8) is 0 Å². The van der Waals surface area contributed by atoms with Crippen LogP contribution < -0.4 is 5.32 Å². The number of benzene rings is 1. The molecule has 0 radical (unpaired) electrons. The number of anilines is 1. The third-order valence-corrected chi connectivity index (χ3v) is 3.83. The van der Waals surface area contributed by atoms with Gasteiger partial charge in [-0.15, -0.1) is 0 Å². The van der Waals surface area contributed by atoms with Gasteiger partial charge in [0.2, 0.25) is 0 Å². The van der Waals surface area contributed by atoms with Gasteiger partial charge in [-0.1, -0.05) is 0 Å². The minimum Gasteiger partial charge on any atom is -0.377 e. The summed E-state index contributed by atoms with van der Waals surface area (Å²) in [5.74, 6) is 0. The molecule has 7 heteroatoms. The number of aryl methyl sites for hydroxylation is 1. The van der Waals surface area contributed by atoms with Gasteiger partial charge in [0.1, 0.15) is 0 Å². The van der Waals surface area contributed by atoms with Gasteiger partial charge in [0.05, 0.1) is 17.8 Å². The number of aromatic nitrogens is 2. The zero-order valence-corrected chi connectivity index (χ0v) is 13.2. The minimum absolute atomic E-state index is 0.148. The van der Waals surface area contributed by atoms with E-state index in [0.717, 1.165) is 24.2 Å². The van der Waals surface area contributed by atoms with Crippen LogP contribution in [0.5, 0.6) is 0 Å². The predicted octanol–water partition coefficient (Wildman–Crippen LogP) is 4.86. The Morgan fingerprint density at radius 3 is 2.67 bits per heavy atom. The molecule has 3 nitrogen and oxygen atoms in total. The van der Waals surface area contributed by atoms with E-state index in [2.05, 4.69) is 26.3 Å². The maximum atomic E-state index is 12.8. The second-order valence-electron chi connectivity index (χ2n) is 4.69. The van der Waals surface area contributed by atoms with Gasteiger partial charge in [-0.3, -0.25) is 4.68 Å². The van der Waals surface area contributed by atoms with Crippen molar-refractivity contribution >= 4 is 21.6 Å². The zero-order valence-electron chi connectivity index (χ0n) is 11.6. The van der Waals surface area contributed by atoms with Crippen LogP contribution in [0, 0.1) is 0 Å². The van der Waals surface area contributed by atoms with Crippen LogP contribution in [0.25, 0.3) is 0 Å². The van der Waals surface area contributed by atoms with Gasteiger partial charge in [0.15, 0.2) is 0 Å². The molecule has 0 saturated carbocycles. The fraction of sp³-hybridized carbons (Fsp3) is 0.357. The summed E-state index contributed by atoms with van der Waals surface area (Å²) in [6.45, 7) is 4.60. The fourth-order valence-corrected chi connectivity index (χ4v) is 2.27. The first-order chi connectivity index (χ1) is 9.81. The second-order valence-corrected chi connectivity index (χ2v) is 5.54. The molecule has 1 aromatic carbocycles. The highest BCUT2D eigenvalue weighted by Crippen LogP contribution is 2.35. The Labute approximate surface area is 129 Å². The fourth-order valence-electron chi connectivity index (χ4n) is 1.90. The summed E-state index contributed by atoms with van der Waals surface area (Å²) in [7, 11) is 0. The Bertz CT molecular complexity index is 622. The molecule has 0 aliphatic heterocycles. The van der Waals surface area contributed by atoms with E-state index < -0.39 is 11.7 Å². The van der Waals surface area contributed by atoms with Crippen molar-refractivity contribution in [3.05, 3.63) is 46.2 Å². The average molecular weight is 362 g/mol. The van der Waals surface area contributed by atoms with Crippen molar-refractivity contribution in [2.75, 3.05) is 5.32 Å². The molecule has 0 aliphatic carbocycles. The Balaban J connectivity index is 2.22. The van der Waals surface area contributed by atoms with Crippen LogP contribution in [-0.4, -0.2) is 9.78 Å². The largest absolute Gasteiger partial charge is 0.416 e. The smallest absolute Gasteiger partial charge is 0.377 e. The van der Waals surface area contributed by atoms with Gasteiger partial charge in [0.25, 0.3) is 0 Å². The lowest BCUT2D eigenvalue weighted by Crippen LogP contribution is -2.09. The third-order valence-electron chi connectivity index (χ3n) is 3.14. The molecule has 0 bridgehead atoms. The van der Waals surface area contributed by atoms with Crippen molar-refractivity contribution in [2.45, 2.75) is 32.6 Å². The molecule has 2 aromatic rings. The first-order valence-electron chi connectivity index (χ1n) is 6.47. The highest BCUT2D eigenvalue weighted by Gasteiger charge is 2.31. The number of alkyl halides is 3. The van der Waals surface area contributed by atoms with Crippen molar-refractivity contribution in [2.24, 2.45) is 0 Å². The van der Waals surface area contributed by atoms with Crippen LogP contribution in [-0.2, 0) is 12.7 Å². The normalized spacial score (nSPS) is 13.2. The molecule has 2 rings (SSSR count). The lowest BCUT2D eigenvalue weighted by atomic mass is 10.1. The molecule has 1 N–H and O–H groups in total. The second kappa shape index (κ2) is 6.09. The van der Waals surface area contributed by atoms with E-state index in [1.807, 2.05) is 20.0 Å². The standard InChI is InChI=1S/C14H15BrF3N3/c1-3-21-8-10(7-19-21)9(2)20-13-6-11(14(16,17)18)4-5-12(13)15/h4-9,20H,3H2,1-2H3. The van der Waals surface area contributed by atoms with Crippen molar-refractivity contribution < 1.29 is 13.2 Å². The van der Waals surface area contributed by atoms with Crippen LogP contribution in [0.4, 0.5) is 18.9 Å². The van der Waals surface area contributed by atoms with Gasteiger partial charge in [-0.05, 0) is 48.0 Å². The Hall–Kier alpha value is -1.50. The number of nitrogens with one attached hydrogen (secondary N) is 1. The summed E-state index contributed by atoms with van der Waals surface area (Å²) >= 11 is 3.27. The van der Waals surface area contributed by atoms with Gasteiger partial charge in [-0.25, -0.2) is 0 Å². The molecular formula is C14H15BrF3N3. The number of halogens is 4.